The van der Waals surface area contributed by atoms with Gasteiger partial charge in [0.25, 0.3) is 0 Å². The van der Waals surface area contributed by atoms with Crippen LogP contribution in [0, 0.1) is 5.82 Å². The summed E-state index contributed by atoms with van der Waals surface area (Å²) in [5.41, 5.74) is 1.97. The number of benzene rings is 3. The van der Waals surface area contributed by atoms with Gasteiger partial charge in [-0.3, -0.25) is 5.10 Å². The molecule has 0 fully saturated rings. The Morgan fingerprint density at radius 3 is 2.38 bits per heavy atom. The summed E-state index contributed by atoms with van der Waals surface area (Å²) in [4.78, 5) is 21.7. The van der Waals surface area contributed by atoms with Crippen LogP contribution in [0.3, 0.4) is 0 Å². The molecule has 6 N–H and O–H groups in total. The first-order valence-electron chi connectivity index (χ1n) is 9.60. The predicted octanol–water partition coefficient (Wildman–Crippen LogP) is 1.98. The van der Waals surface area contributed by atoms with Gasteiger partial charge in [0.1, 0.15) is 11.5 Å². The Kier molecular flexibility index (Phi) is 7.21. The molecule has 0 spiro atoms. The minimum atomic E-state index is -5.25. The number of phenolic OH excluding ortho intramolecular Hbond substituents is 1. The molecule has 3 aromatic carbocycles. The number of carbonyl (C=O) groups is 2. The first-order chi connectivity index (χ1) is 16.0. The maximum atomic E-state index is 13.2. The summed E-state index contributed by atoms with van der Waals surface area (Å²) < 4.78 is 41.9. The normalized spacial score (nSPS) is 10.9. The van der Waals surface area contributed by atoms with Gasteiger partial charge in [0.15, 0.2) is 0 Å². The molecule has 10 nitrogen and oxygen atoms in total. The summed E-state index contributed by atoms with van der Waals surface area (Å²) in [6, 6.07) is 14.6. The van der Waals surface area contributed by atoms with E-state index in [-0.39, 0.29) is 17.1 Å². The topological polar surface area (TPSA) is 173 Å². The van der Waals surface area contributed by atoms with Crippen LogP contribution in [-0.4, -0.2) is 54.7 Å². The molecule has 0 saturated heterocycles. The Morgan fingerprint density at radius 1 is 1.06 bits per heavy atom. The number of H-pyrrole nitrogens is 1. The molecule has 0 saturated carbocycles. The molecule has 0 atom stereocenters. The average Bonchev–Trinajstić information content (AvgIpc) is 3.16. The number of aromatic amines is 1. The summed E-state index contributed by atoms with van der Waals surface area (Å²) in [5, 5.41) is 28.1. The van der Waals surface area contributed by atoms with Gasteiger partial charge in [-0.1, -0.05) is 12.1 Å². The van der Waals surface area contributed by atoms with Gasteiger partial charge in [0.2, 0.25) is 0 Å². The van der Waals surface area contributed by atoms with E-state index in [1.54, 1.807) is 18.2 Å². The largest absolute Gasteiger partial charge is 0.478 e. The number of hydrogen-bond acceptors (Lipinski definition) is 5. The van der Waals surface area contributed by atoms with E-state index in [2.05, 4.69) is 15.5 Å². The minimum absolute atomic E-state index is 0.0602. The van der Waals surface area contributed by atoms with Crippen LogP contribution in [0.4, 0.5) is 10.1 Å². The van der Waals surface area contributed by atoms with Crippen molar-refractivity contribution >= 4 is 47.0 Å². The van der Waals surface area contributed by atoms with E-state index in [4.69, 9.17) is 13.3 Å². The van der Waals surface area contributed by atoms with Crippen molar-refractivity contribution in [1.82, 2.24) is 10.2 Å². The summed E-state index contributed by atoms with van der Waals surface area (Å²) in [7, 11) is 0. The summed E-state index contributed by atoms with van der Waals surface area (Å²) in [6.45, 7) is 1.21. The van der Waals surface area contributed by atoms with E-state index in [1.165, 1.54) is 43.3 Å². The number of phenols is 1. The molecule has 0 radical (unpaired) electrons. The van der Waals surface area contributed by atoms with Crippen LogP contribution in [0.2, 0.25) is 0 Å². The second kappa shape index (κ2) is 9.92. The van der Waals surface area contributed by atoms with E-state index in [1.807, 2.05) is 0 Å². The fourth-order valence-electron chi connectivity index (χ4n) is 3.13. The van der Waals surface area contributed by atoms with Crippen molar-refractivity contribution in [2.45, 2.75) is 6.92 Å². The number of carboxylic acid groups (broad SMARTS) is 1. The summed E-state index contributed by atoms with van der Waals surface area (Å²) >= 11 is -5.25. The number of fused-ring (bicyclic) bond motifs is 1. The minimum Gasteiger partial charge on any atom is -0.478 e. The van der Waals surface area contributed by atoms with Gasteiger partial charge in [-0.15, -0.1) is 0 Å². The zero-order chi connectivity index (χ0) is 25.0. The molecule has 34 heavy (non-hydrogen) atoms. The number of aromatic nitrogens is 2. The van der Waals surface area contributed by atoms with Crippen LogP contribution in [0.15, 0.2) is 60.7 Å². The number of amides is 1. The Balaban J connectivity index is 0.000000197. The van der Waals surface area contributed by atoms with E-state index in [0.717, 1.165) is 6.07 Å². The summed E-state index contributed by atoms with van der Waals surface area (Å²) in [5.74, 6) is -2.35. The van der Waals surface area contributed by atoms with E-state index in [9.17, 15) is 22.8 Å². The number of rotatable bonds is 4. The third kappa shape index (κ3) is 5.70. The monoisotopic (exact) mass is 531 g/mol. The third-order valence-electron chi connectivity index (χ3n) is 4.52. The van der Waals surface area contributed by atoms with Gasteiger partial charge in [0.05, 0.1) is 11.1 Å². The quantitative estimate of drug-likeness (QED) is 0.217. The number of carbonyl (C=O) groups excluding carboxylic acids is 1. The van der Waals surface area contributed by atoms with Gasteiger partial charge < -0.3 is 5.11 Å². The SMILES string of the molecule is CC(=O)Nc1cccc(O)c1[As](=O)(O)O.O=C(O)c1ccc2[nH]nc(-c3cccc(F)c3)c2c1. The molecule has 0 unspecified atom stereocenters. The van der Waals surface area contributed by atoms with Gasteiger partial charge in [-0.25, -0.2) is 9.18 Å². The van der Waals surface area contributed by atoms with Crippen LogP contribution >= 0.6 is 0 Å². The molecule has 4 aromatic rings. The first-order valence-corrected chi connectivity index (χ1v) is 13.0. The fourth-order valence-corrected chi connectivity index (χ4v) is 4.85. The predicted molar refractivity (Wildman–Crippen MR) is 121 cm³/mol. The Labute approximate surface area is 194 Å². The van der Waals surface area contributed by atoms with Crippen molar-refractivity contribution in [2.75, 3.05) is 5.32 Å². The number of hydrogen-bond donors (Lipinski definition) is 6. The van der Waals surface area contributed by atoms with Crippen LogP contribution in [0.25, 0.3) is 22.2 Å². The molecule has 0 bridgehead atoms. The van der Waals surface area contributed by atoms with Gasteiger partial charge >= 0.3 is 94.1 Å². The first kappa shape index (κ1) is 24.7. The van der Waals surface area contributed by atoms with Gasteiger partial charge in [-0.2, -0.15) is 5.10 Å². The van der Waals surface area contributed by atoms with Crippen molar-refractivity contribution in [3.8, 4) is 17.0 Å². The van der Waals surface area contributed by atoms with E-state index >= 15 is 0 Å². The van der Waals surface area contributed by atoms with Crippen molar-refractivity contribution in [3.05, 3.63) is 72.0 Å². The molecule has 176 valence electrons. The molecule has 12 heteroatoms. The number of aromatic carboxylic acids is 1. The number of halogens is 1. The zero-order valence-corrected chi connectivity index (χ0v) is 19.4. The standard InChI is InChI=1S/C14H9FN2O2.C8H10AsNO5/c15-10-3-1-2-8(6-10)13-11-7-9(14(18)19)4-5-12(11)16-17-13;1-5(11)10-6-3-2-4-7(12)8(6)9(13,14)15/h1-7H,(H,16,17)(H,18,19);2-4,12H,1H3,(H,10,11)(H2,13,14,15). The fraction of sp³-hybridized carbons (Fsp3) is 0.0455. The van der Waals surface area contributed by atoms with Crippen LogP contribution in [0.5, 0.6) is 5.75 Å². The number of nitrogens with one attached hydrogen (secondary N) is 2. The second-order valence-electron chi connectivity index (χ2n) is 7.05. The Morgan fingerprint density at radius 2 is 1.76 bits per heavy atom. The van der Waals surface area contributed by atoms with Crippen molar-refractivity contribution in [3.63, 3.8) is 0 Å². The third-order valence-corrected chi connectivity index (χ3v) is 6.73. The van der Waals surface area contributed by atoms with E-state index < -0.39 is 36.1 Å². The maximum Gasteiger partial charge on any atom is 0.335 e. The number of anilines is 1. The van der Waals surface area contributed by atoms with Crippen LogP contribution in [-0.2, 0) is 8.53 Å². The molecular formula is C22H19AsFN3O7. The number of carboxylic acids is 1. The smallest absolute Gasteiger partial charge is 0.335 e. The van der Waals surface area contributed by atoms with Gasteiger partial charge in [0, 0.05) is 10.9 Å². The molecular weight excluding hydrogens is 512 g/mol. The molecule has 4 rings (SSSR count). The molecule has 1 aromatic heterocycles. The molecule has 0 aliphatic carbocycles. The van der Waals surface area contributed by atoms with Gasteiger partial charge in [-0.05, 0) is 30.3 Å². The Bertz CT molecular complexity index is 1430. The number of nitrogens with zero attached hydrogens (tertiary/aromatic N) is 1. The molecule has 0 aliphatic rings. The molecule has 1 amide bonds. The van der Waals surface area contributed by atoms with Crippen molar-refractivity contribution < 1.29 is 36.1 Å². The molecule has 1 heterocycles. The zero-order valence-electron chi connectivity index (χ0n) is 17.6. The average molecular weight is 531 g/mol. The van der Waals surface area contributed by atoms with E-state index in [0.29, 0.717) is 22.2 Å². The second-order valence-corrected chi connectivity index (χ2v) is 10.3. The van der Waals surface area contributed by atoms with Crippen molar-refractivity contribution in [1.29, 1.82) is 0 Å². The molecule has 0 aliphatic heterocycles. The van der Waals surface area contributed by atoms with Crippen LogP contribution in [0.1, 0.15) is 17.3 Å². The summed E-state index contributed by atoms with van der Waals surface area (Å²) in [6.07, 6.45) is 0. The van der Waals surface area contributed by atoms with Crippen molar-refractivity contribution in [2.24, 2.45) is 0 Å². The number of aromatic hydroxyl groups is 1. The Hall–Kier alpha value is -3.92. The maximum absolute atomic E-state index is 13.2. The van der Waals surface area contributed by atoms with Crippen LogP contribution < -0.4 is 9.67 Å².